The van der Waals surface area contributed by atoms with Crippen LogP contribution in [0.4, 0.5) is 34.1 Å². The van der Waals surface area contributed by atoms with Crippen LogP contribution in [-0.2, 0) is 0 Å². The van der Waals surface area contributed by atoms with E-state index in [1.807, 2.05) is 66.7 Å². The number of nitrogens with one attached hydrogen (secondary N) is 5. The van der Waals surface area contributed by atoms with Crippen LogP contribution >= 0.6 is 0 Å². The average Bonchev–Trinajstić information content (AvgIpc) is 3.57. The molecular weight excluding hydrogens is 1020 g/mol. The van der Waals surface area contributed by atoms with Gasteiger partial charge in [0.2, 0.25) is 16.7 Å². The normalized spacial score (nSPS) is 12.7. The number of aromatic nitrogens is 2. The summed E-state index contributed by atoms with van der Waals surface area (Å²) in [5.41, 5.74) is 22.1. The monoisotopic (exact) mass is 1110 g/mol. The van der Waals surface area contributed by atoms with Gasteiger partial charge in [0.25, 0.3) is 11.8 Å². The Hall–Kier alpha value is -9.03. The zero-order chi connectivity index (χ0) is 58.4. The number of benzene rings is 7. The van der Waals surface area contributed by atoms with Gasteiger partial charge in [0.1, 0.15) is 11.0 Å². The molecule has 8 aromatic rings. The highest BCUT2D eigenvalue weighted by molar-refractivity contribution is 6.13. The Bertz CT molecular complexity index is 3700. The molecule has 0 atom stereocenters. The maximum Gasteiger partial charge on any atom is 0.251 e. The lowest BCUT2D eigenvalue weighted by Gasteiger charge is -2.22. The fraction of sp³-hybridized carbons (Fsp3) is 0.282. The molecule has 9 rings (SSSR count). The third-order valence-electron chi connectivity index (χ3n) is 15.5. The first-order valence-corrected chi connectivity index (χ1v) is 29.3. The number of aryl methyl sites for hydroxylation is 2. The van der Waals surface area contributed by atoms with Crippen LogP contribution in [0.25, 0.3) is 38.9 Å². The van der Waals surface area contributed by atoms with E-state index in [0.29, 0.717) is 24.2 Å². The van der Waals surface area contributed by atoms with Gasteiger partial charge in [-0.15, -0.1) is 4.57 Å². The second kappa shape index (κ2) is 27.6. The zero-order valence-electron chi connectivity index (χ0n) is 49.8. The Kier molecular flexibility index (Phi) is 19.5. The molecule has 0 radical (unpaired) electrons. The van der Waals surface area contributed by atoms with Gasteiger partial charge < -0.3 is 36.4 Å². The minimum Gasteiger partial charge on any atom is -0.385 e. The van der Waals surface area contributed by atoms with E-state index in [0.717, 1.165) is 160 Å². The van der Waals surface area contributed by atoms with E-state index < -0.39 is 0 Å². The number of allylic oxidation sites excluding steroid dienone is 4. The molecule has 0 bridgehead atoms. The average molecular weight is 1110 g/mol. The molecular formula is C71H81N10O2+. The number of hydrogen-bond acceptors (Lipinski definition) is 9. The predicted molar refractivity (Wildman–Crippen MR) is 348 cm³/mol. The van der Waals surface area contributed by atoms with Crippen LogP contribution in [0, 0.1) is 20.8 Å². The van der Waals surface area contributed by atoms with Crippen molar-refractivity contribution in [2.24, 2.45) is 4.99 Å². The number of hydrogen-bond donors (Lipinski definition) is 5. The summed E-state index contributed by atoms with van der Waals surface area (Å²) >= 11 is 0. The molecule has 0 spiro atoms. The van der Waals surface area contributed by atoms with Crippen LogP contribution < -0.4 is 41.0 Å². The Morgan fingerprint density at radius 2 is 1.11 bits per heavy atom. The first-order valence-electron chi connectivity index (χ1n) is 29.3. The van der Waals surface area contributed by atoms with Crippen molar-refractivity contribution in [2.45, 2.75) is 79.1 Å². The Morgan fingerprint density at radius 3 is 1.70 bits per heavy atom. The van der Waals surface area contributed by atoms with E-state index in [-0.39, 0.29) is 11.8 Å². The van der Waals surface area contributed by atoms with Crippen molar-refractivity contribution >= 4 is 73.7 Å². The molecule has 426 valence electrons. The fourth-order valence-corrected chi connectivity index (χ4v) is 10.9. The highest BCUT2D eigenvalue weighted by Crippen LogP contribution is 2.38. The number of amides is 2. The van der Waals surface area contributed by atoms with Crippen molar-refractivity contribution in [3.05, 3.63) is 209 Å². The smallest absolute Gasteiger partial charge is 0.251 e. The molecule has 7 aromatic carbocycles. The van der Waals surface area contributed by atoms with E-state index in [1.54, 1.807) is 0 Å². The summed E-state index contributed by atoms with van der Waals surface area (Å²) in [7, 11) is 8.28. The van der Waals surface area contributed by atoms with Crippen molar-refractivity contribution in [3.63, 3.8) is 0 Å². The summed E-state index contributed by atoms with van der Waals surface area (Å²) in [5.74, 6) is -0.145. The van der Waals surface area contributed by atoms with Crippen LogP contribution in [0.15, 0.2) is 186 Å². The summed E-state index contributed by atoms with van der Waals surface area (Å²) in [6.45, 7) is 15.9. The number of fused-ring (bicyclic) bond motifs is 2. The SMILES string of the molecule is C=C1C=C(NCCCCCCNC(=O)c2ccc(-c3ccc(C(=O)NCCCCCCNc4cc5c(cc4C)nc4ccc(N(C)C)c(C)c4[n+]5-c4ccccc4)cc3)cc2)C(C)=CC1=Nc1ccc(N(C)C)c(C)c1Nc1ccccc1. The second-order valence-electron chi connectivity index (χ2n) is 22.2. The number of carbonyl (C=O) groups is 2. The van der Waals surface area contributed by atoms with E-state index in [4.69, 9.17) is 9.98 Å². The Labute approximate surface area is 491 Å². The molecule has 83 heavy (non-hydrogen) atoms. The van der Waals surface area contributed by atoms with Crippen molar-refractivity contribution < 1.29 is 14.2 Å². The zero-order valence-corrected chi connectivity index (χ0v) is 49.8. The first-order chi connectivity index (χ1) is 40.2. The van der Waals surface area contributed by atoms with Gasteiger partial charge in [-0.3, -0.25) is 9.59 Å². The van der Waals surface area contributed by atoms with E-state index in [9.17, 15) is 9.59 Å². The van der Waals surface area contributed by atoms with Crippen LogP contribution in [0.5, 0.6) is 0 Å². The standard InChI is InChI=1S/C71H80N10O2/c1-48-45-63(77-59-36-38-65(79(6)7)51(4)68(59)76-57-24-16-14-17-25-57)50(3)44-61(48)72-40-20-10-12-22-42-74-70(82)55-32-28-53(29-33-55)54-30-34-56(35-31-54)71(83)75-43-23-13-11-21-41-73-62-47-67-64(46-49(62)2)78-60-37-39-66(80(8)9)52(5)69(60)81(67)58-26-18-15-19-27-58/h14-19,24-39,44-47,72,76H,3,10-13,20-23,40-43H2,1-2,4-9H3,(H2,74,75,82,83)/p+1. The van der Waals surface area contributed by atoms with Gasteiger partial charge in [-0.1, -0.05) is 92.9 Å². The predicted octanol–water partition coefficient (Wildman–Crippen LogP) is 14.6. The Morgan fingerprint density at radius 1 is 0.566 bits per heavy atom. The molecule has 0 unspecified atom stereocenters. The molecule has 1 aliphatic rings. The largest absolute Gasteiger partial charge is 0.385 e. The fourth-order valence-electron chi connectivity index (χ4n) is 10.9. The van der Waals surface area contributed by atoms with Crippen molar-refractivity contribution in [1.29, 1.82) is 0 Å². The van der Waals surface area contributed by atoms with Crippen molar-refractivity contribution in [1.82, 2.24) is 20.9 Å². The molecule has 0 saturated carbocycles. The maximum atomic E-state index is 13.1. The molecule has 12 heteroatoms. The molecule has 2 amide bonds. The third kappa shape index (κ3) is 14.5. The van der Waals surface area contributed by atoms with Gasteiger partial charge in [-0.25, -0.2) is 9.98 Å². The van der Waals surface area contributed by atoms with Crippen LogP contribution in [-0.4, -0.2) is 76.9 Å². The number of para-hydroxylation sites is 2. The number of nitrogens with zero attached hydrogens (tertiary/aromatic N) is 5. The number of anilines is 5. The lowest BCUT2D eigenvalue weighted by atomic mass is 9.98. The number of unbranched alkanes of at least 4 members (excludes halogenated alkanes) is 6. The molecule has 0 aliphatic heterocycles. The highest BCUT2D eigenvalue weighted by Gasteiger charge is 2.25. The highest BCUT2D eigenvalue weighted by atomic mass is 16.2. The van der Waals surface area contributed by atoms with E-state index in [1.165, 1.54) is 16.8 Å². The number of aliphatic imine (C=N–C) groups is 1. The van der Waals surface area contributed by atoms with Gasteiger partial charge >= 0.3 is 0 Å². The number of rotatable bonds is 25. The summed E-state index contributed by atoms with van der Waals surface area (Å²) in [6.07, 6.45) is 12.2. The van der Waals surface area contributed by atoms with Crippen LogP contribution in [0.1, 0.15) is 95.7 Å². The van der Waals surface area contributed by atoms with Gasteiger partial charge in [0.05, 0.1) is 17.1 Å². The number of carbonyl (C=O) groups excluding carboxylic acids is 2. The Balaban J connectivity index is 0.654. The summed E-state index contributed by atoms with van der Waals surface area (Å²) in [4.78, 5) is 40.6. The molecule has 1 heterocycles. The van der Waals surface area contributed by atoms with Gasteiger partial charge in [0, 0.05) is 118 Å². The minimum absolute atomic E-state index is 0.0708. The lowest BCUT2D eigenvalue weighted by molar-refractivity contribution is -0.538. The molecule has 1 aliphatic carbocycles. The van der Waals surface area contributed by atoms with Crippen molar-refractivity contribution in [2.75, 3.05) is 74.8 Å². The summed E-state index contributed by atoms with van der Waals surface area (Å²) in [6, 6.07) is 49.0. The third-order valence-corrected chi connectivity index (χ3v) is 15.5. The van der Waals surface area contributed by atoms with E-state index in [2.05, 4.69) is 194 Å². The molecule has 1 aromatic heterocycles. The molecule has 5 N–H and O–H groups in total. The molecule has 0 fully saturated rings. The van der Waals surface area contributed by atoms with Crippen LogP contribution in [0.3, 0.4) is 0 Å². The van der Waals surface area contributed by atoms with Crippen molar-refractivity contribution in [3.8, 4) is 16.8 Å². The van der Waals surface area contributed by atoms with Gasteiger partial charge in [-0.05, 0) is 166 Å². The topological polar surface area (TPSA) is 130 Å². The molecule has 0 saturated heterocycles. The summed E-state index contributed by atoms with van der Waals surface area (Å²) in [5, 5.41) is 17.1. The quantitative estimate of drug-likeness (QED) is 0.0217. The first kappa shape index (κ1) is 58.6. The lowest BCUT2D eigenvalue weighted by Crippen LogP contribution is -2.34. The molecule has 12 nitrogen and oxygen atoms in total. The van der Waals surface area contributed by atoms with E-state index >= 15 is 0 Å². The minimum atomic E-state index is -0.0739. The maximum absolute atomic E-state index is 13.1. The van der Waals surface area contributed by atoms with Gasteiger partial charge in [0.15, 0.2) is 0 Å². The van der Waals surface area contributed by atoms with Crippen LogP contribution in [0.2, 0.25) is 0 Å². The second-order valence-corrected chi connectivity index (χ2v) is 22.2. The summed E-state index contributed by atoms with van der Waals surface area (Å²) < 4.78 is 2.35. The van der Waals surface area contributed by atoms with Gasteiger partial charge in [-0.2, -0.15) is 0 Å².